The molecule has 0 bridgehead atoms. The van der Waals surface area contributed by atoms with Crippen LogP contribution in [-0.2, 0) is 6.42 Å². The van der Waals surface area contributed by atoms with E-state index in [0.29, 0.717) is 18.1 Å². The number of aromatic nitrogens is 3. The normalized spacial score (nSPS) is 11.0. The topological polar surface area (TPSA) is 65.0 Å². The molecule has 0 radical (unpaired) electrons. The lowest BCUT2D eigenvalue weighted by atomic mass is 10.3. The summed E-state index contributed by atoms with van der Waals surface area (Å²) < 4.78 is 10.3. The molecule has 0 N–H and O–H groups in total. The zero-order valence-electron chi connectivity index (χ0n) is 10.0. The first-order valence-corrected chi connectivity index (χ1v) is 6.39. The Bertz CT molecular complexity index is 668. The lowest BCUT2D eigenvalue weighted by Crippen LogP contribution is -1.86. The van der Waals surface area contributed by atoms with Gasteiger partial charge in [0, 0.05) is 6.07 Å². The van der Waals surface area contributed by atoms with Gasteiger partial charge in [0.1, 0.15) is 5.76 Å². The maximum atomic E-state index is 5.21. The number of hydrogen-bond acceptors (Lipinski definition) is 6. The third kappa shape index (κ3) is 2.06. The fourth-order valence-electron chi connectivity index (χ4n) is 1.67. The van der Waals surface area contributed by atoms with Crippen LogP contribution in [0.1, 0.15) is 22.9 Å². The minimum atomic E-state index is 0.470. The van der Waals surface area contributed by atoms with Crippen molar-refractivity contribution in [1.82, 2.24) is 15.3 Å². The Morgan fingerprint density at radius 2 is 2.11 bits per heavy atom. The van der Waals surface area contributed by atoms with E-state index in [0.717, 1.165) is 21.9 Å². The minimum absolute atomic E-state index is 0.470. The first-order valence-electron chi connectivity index (χ1n) is 5.51. The van der Waals surface area contributed by atoms with E-state index in [1.54, 1.807) is 11.3 Å². The van der Waals surface area contributed by atoms with Gasteiger partial charge in [0.05, 0.1) is 17.0 Å². The van der Waals surface area contributed by atoms with E-state index in [-0.39, 0.29) is 0 Å². The van der Waals surface area contributed by atoms with Crippen LogP contribution in [0.2, 0.25) is 0 Å². The van der Waals surface area contributed by atoms with E-state index in [1.165, 1.54) is 0 Å². The van der Waals surface area contributed by atoms with E-state index < -0.39 is 0 Å². The molecule has 0 aliphatic heterocycles. The molecule has 0 saturated heterocycles. The summed E-state index contributed by atoms with van der Waals surface area (Å²) in [6, 6.07) is 3.90. The molecule has 0 amide bonds. The van der Waals surface area contributed by atoms with Crippen molar-refractivity contribution in [1.29, 1.82) is 0 Å². The van der Waals surface area contributed by atoms with E-state index in [4.69, 9.17) is 9.05 Å². The highest BCUT2D eigenvalue weighted by Crippen LogP contribution is 2.26. The predicted molar refractivity (Wildman–Crippen MR) is 66.4 cm³/mol. The Hall–Kier alpha value is -1.95. The van der Waals surface area contributed by atoms with Crippen LogP contribution in [0, 0.1) is 13.8 Å². The molecule has 0 saturated carbocycles. The zero-order valence-corrected chi connectivity index (χ0v) is 10.8. The monoisotopic (exact) mass is 261 g/mol. The first kappa shape index (κ1) is 11.2. The molecule has 3 rings (SSSR count). The second-order valence-corrected chi connectivity index (χ2v) is 4.97. The van der Waals surface area contributed by atoms with Crippen LogP contribution in [0.3, 0.4) is 0 Å². The third-order valence-electron chi connectivity index (χ3n) is 2.54. The maximum absolute atomic E-state index is 5.21. The van der Waals surface area contributed by atoms with E-state index in [1.807, 2.05) is 31.4 Å². The van der Waals surface area contributed by atoms with Crippen molar-refractivity contribution in [3.63, 3.8) is 0 Å². The molecule has 3 heterocycles. The average molecular weight is 261 g/mol. The molecule has 5 nitrogen and oxygen atoms in total. The highest BCUT2D eigenvalue weighted by molar-refractivity contribution is 7.13. The van der Waals surface area contributed by atoms with Gasteiger partial charge in [0.15, 0.2) is 0 Å². The zero-order chi connectivity index (χ0) is 12.5. The van der Waals surface area contributed by atoms with Gasteiger partial charge >= 0.3 is 0 Å². The van der Waals surface area contributed by atoms with E-state index in [2.05, 4.69) is 15.3 Å². The van der Waals surface area contributed by atoms with Gasteiger partial charge < -0.3 is 9.05 Å². The molecule has 3 aromatic heterocycles. The van der Waals surface area contributed by atoms with Crippen LogP contribution >= 0.6 is 11.3 Å². The second kappa shape index (κ2) is 4.38. The second-order valence-electron chi connectivity index (χ2n) is 4.06. The highest BCUT2D eigenvalue weighted by Gasteiger charge is 2.13. The molecule has 18 heavy (non-hydrogen) atoms. The largest absolute Gasteiger partial charge is 0.361 e. The summed E-state index contributed by atoms with van der Waals surface area (Å²) in [5, 5.41) is 9.82. The van der Waals surface area contributed by atoms with Crippen molar-refractivity contribution < 1.29 is 9.05 Å². The molecule has 0 aliphatic rings. The summed E-state index contributed by atoms with van der Waals surface area (Å²) in [4.78, 5) is 5.40. The molecular weight excluding hydrogens is 250 g/mol. The van der Waals surface area contributed by atoms with Gasteiger partial charge in [-0.2, -0.15) is 4.98 Å². The number of nitrogens with zero attached hydrogens (tertiary/aromatic N) is 3. The molecule has 0 fully saturated rings. The molecule has 0 spiro atoms. The standard InChI is InChI=1S/C12H11N3O2S/c1-7-3-4-18-11(7)12-13-10(17-15-12)6-9-5-8(2)14-16-9/h3-5H,6H2,1-2H3. The molecule has 92 valence electrons. The predicted octanol–water partition coefficient (Wildman–Crippen LogP) is 2.99. The van der Waals surface area contributed by atoms with Crippen molar-refractivity contribution in [3.05, 3.63) is 40.4 Å². The SMILES string of the molecule is Cc1cc(Cc2nc(-c3sccc3C)no2)on1. The molecule has 6 heteroatoms. The number of aryl methyl sites for hydroxylation is 2. The summed E-state index contributed by atoms with van der Waals surface area (Å²) in [7, 11) is 0. The third-order valence-corrected chi connectivity index (χ3v) is 3.55. The first-order chi connectivity index (χ1) is 8.72. The van der Waals surface area contributed by atoms with Gasteiger partial charge in [-0.15, -0.1) is 11.3 Å². The fraction of sp³-hybridized carbons (Fsp3) is 0.250. The van der Waals surface area contributed by atoms with Gasteiger partial charge in [-0.1, -0.05) is 10.3 Å². The summed E-state index contributed by atoms with van der Waals surface area (Å²) in [5.41, 5.74) is 2.00. The number of rotatable bonds is 3. The minimum Gasteiger partial charge on any atom is -0.361 e. The summed E-state index contributed by atoms with van der Waals surface area (Å²) >= 11 is 1.61. The van der Waals surface area contributed by atoms with Crippen molar-refractivity contribution >= 4 is 11.3 Å². The van der Waals surface area contributed by atoms with Crippen LogP contribution in [0.25, 0.3) is 10.7 Å². The van der Waals surface area contributed by atoms with Crippen molar-refractivity contribution in [2.75, 3.05) is 0 Å². The fourth-order valence-corrected chi connectivity index (χ4v) is 2.52. The van der Waals surface area contributed by atoms with Gasteiger partial charge in [-0.25, -0.2) is 0 Å². The van der Waals surface area contributed by atoms with Crippen molar-refractivity contribution in [2.45, 2.75) is 20.3 Å². The Labute approximate surface area is 107 Å². The van der Waals surface area contributed by atoms with Crippen LogP contribution in [0.15, 0.2) is 26.6 Å². The summed E-state index contributed by atoms with van der Waals surface area (Å²) in [6.07, 6.45) is 0.470. The van der Waals surface area contributed by atoms with Crippen LogP contribution in [-0.4, -0.2) is 15.3 Å². The Kier molecular flexibility index (Phi) is 2.71. The molecule has 0 unspecified atom stereocenters. The number of hydrogen-bond donors (Lipinski definition) is 0. The molecule has 3 aromatic rings. The van der Waals surface area contributed by atoms with Crippen LogP contribution < -0.4 is 0 Å². The lowest BCUT2D eigenvalue weighted by Gasteiger charge is -1.89. The van der Waals surface area contributed by atoms with Gasteiger partial charge in [0.2, 0.25) is 11.7 Å². The molecule has 0 aliphatic carbocycles. The van der Waals surface area contributed by atoms with Crippen molar-refractivity contribution in [2.24, 2.45) is 0 Å². The summed E-state index contributed by atoms with van der Waals surface area (Å²) in [6.45, 7) is 3.91. The molecular formula is C12H11N3O2S. The maximum Gasteiger partial charge on any atom is 0.234 e. The van der Waals surface area contributed by atoms with Gasteiger partial charge in [-0.05, 0) is 30.9 Å². The Morgan fingerprint density at radius 1 is 1.22 bits per heavy atom. The van der Waals surface area contributed by atoms with Crippen LogP contribution in [0.4, 0.5) is 0 Å². The van der Waals surface area contributed by atoms with Crippen molar-refractivity contribution in [3.8, 4) is 10.7 Å². The van der Waals surface area contributed by atoms with Gasteiger partial charge in [-0.3, -0.25) is 0 Å². The van der Waals surface area contributed by atoms with E-state index in [9.17, 15) is 0 Å². The van der Waals surface area contributed by atoms with Crippen LogP contribution in [0.5, 0.6) is 0 Å². The van der Waals surface area contributed by atoms with E-state index >= 15 is 0 Å². The quantitative estimate of drug-likeness (QED) is 0.725. The molecule has 0 aromatic carbocycles. The Morgan fingerprint density at radius 3 is 2.78 bits per heavy atom. The molecule has 0 atom stereocenters. The smallest absolute Gasteiger partial charge is 0.234 e. The van der Waals surface area contributed by atoms with Gasteiger partial charge in [0.25, 0.3) is 0 Å². The Balaban J connectivity index is 1.84. The summed E-state index contributed by atoms with van der Waals surface area (Å²) in [5.74, 6) is 1.90. The highest BCUT2D eigenvalue weighted by atomic mass is 32.1. The number of thiophene rings is 1. The lowest BCUT2D eigenvalue weighted by molar-refractivity contribution is 0.350. The average Bonchev–Trinajstić information content (AvgIpc) is 3.02.